The Morgan fingerprint density at radius 2 is 1.86 bits per heavy atom. The predicted octanol–water partition coefficient (Wildman–Crippen LogP) is 3.95. The molecule has 2 nitrogen and oxygen atoms in total. The largest absolute Gasteiger partial charge is 0.391 e. The number of nitrogens with two attached hydrogens (primary N) is 1. The number of rotatable bonds is 4. The third-order valence-electron chi connectivity index (χ3n) is 5.65. The van der Waals surface area contributed by atoms with Crippen molar-refractivity contribution in [1.29, 1.82) is 0 Å². The van der Waals surface area contributed by atoms with E-state index in [0.29, 0.717) is 13.0 Å². The van der Waals surface area contributed by atoms with E-state index in [-0.39, 0.29) is 12.8 Å². The van der Waals surface area contributed by atoms with Gasteiger partial charge < -0.3 is 5.73 Å². The van der Waals surface area contributed by atoms with Crippen molar-refractivity contribution >= 4 is 0 Å². The average molecular weight is 306 g/mol. The van der Waals surface area contributed by atoms with Crippen molar-refractivity contribution in [1.82, 2.24) is 4.90 Å². The third-order valence-corrected chi connectivity index (χ3v) is 5.65. The Labute approximate surface area is 126 Å². The van der Waals surface area contributed by atoms with E-state index < -0.39 is 17.6 Å². The summed E-state index contributed by atoms with van der Waals surface area (Å²) in [7, 11) is 0. The van der Waals surface area contributed by atoms with E-state index in [1.807, 2.05) is 0 Å². The molecule has 2 atom stereocenters. The van der Waals surface area contributed by atoms with Crippen LogP contribution in [-0.2, 0) is 0 Å². The van der Waals surface area contributed by atoms with Gasteiger partial charge in [-0.25, -0.2) is 0 Å². The molecular weight excluding hydrogens is 277 g/mol. The lowest BCUT2D eigenvalue weighted by Crippen LogP contribution is -2.59. The van der Waals surface area contributed by atoms with Gasteiger partial charge in [0, 0.05) is 12.1 Å². The first-order valence-corrected chi connectivity index (χ1v) is 8.43. The molecule has 124 valence electrons. The highest BCUT2D eigenvalue weighted by atomic mass is 19.4. The van der Waals surface area contributed by atoms with Crippen LogP contribution in [0.2, 0.25) is 0 Å². The maximum absolute atomic E-state index is 13.1. The van der Waals surface area contributed by atoms with E-state index in [1.54, 1.807) is 0 Å². The summed E-state index contributed by atoms with van der Waals surface area (Å²) in [6, 6.07) is 0. The van der Waals surface area contributed by atoms with Crippen molar-refractivity contribution in [2.45, 2.75) is 70.0 Å². The first-order chi connectivity index (χ1) is 9.91. The lowest BCUT2D eigenvalue weighted by atomic mass is 9.73. The van der Waals surface area contributed by atoms with Crippen LogP contribution in [0.15, 0.2) is 0 Å². The summed E-state index contributed by atoms with van der Waals surface area (Å²) in [6.07, 6.45) is 2.56. The first-order valence-electron chi connectivity index (χ1n) is 8.43. The normalized spacial score (nSPS) is 33.3. The van der Waals surface area contributed by atoms with Gasteiger partial charge in [0.25, 0.3) is 0 Å². The number of piperidine rings is 1. The monoisotopic (exact) mass is 306 g/mol. The van der Waals surface area contributed by atoms with Crippen LogP contribution >= 0.6 is 0 Å². The summed E-state index contributed by atoms with van der Waals surface area (Å²) in [5, 5.41) is 0. The highest BCUT2D eigenvalue weighted by Gasteiger charge is 2.49. The third kappa shape index (κ3) is 3.92. The Morgan fingerprint density at radius 1 is 1.19 bits per heavy atom. The number of nitrogens with zero attached hydrogens (tertiary/aromatic N) is 1. The first kappa shape index (κ1) is 17.1. The molecule has 0 bridgehead atoms. The van der Waals surface area contributed by atoms with Crippen LogP contribution in [0.25, 0.3) is 0 Å². The van der Waals surface area contributed by atoms with E-state index in [9.17, 15) is 13.2 Å². The van der Waals surface area contributed by atoms with E-state index >= 15 is 0 Å². The fourth-order valence-electron chi connectivity index (χ4n) is 4.33. The smallest absolute Gasteiger partial charge is 0.329 e. The fraction of sp³-hybridized carbons (Fsp3) is 1.00. The van der Waals surface area contributed by atoms with Crippen molar-refractivity contribution in [3.05, 3.63) is 0 Å². The molecule has 2 fully saturated rings. The number of likely N-dealkylation sites (tertiary alicyclic amines) is 1. The fourth-order valence-corrected chi connectivity index (χ4v) is 4.33. The highest BCUT2D eigenvalue weighted by Crippen LogP contribution is 2.44. The summed E-state index contributed by atoms with van der Waals surface area (Å²) in [5.74, 6) is -0.411. The van der Waals surface area contributed by atoms with E-state index in [1.165, 1.54) is 12.8 Å². The second-order valence-corrected chi connectivity index (χ2v) is 6.98. The maximum atomic E-state index is 13.1. The van der Waals surface area contributed by atoms with Gasteiger partial charge in [0.2, 0.25) is 0 Å². The van der Waals surface area contributed by atoms with Gasteiger partial charge in [0.05, 0.1) is 5.92 Å². The molecule has 0 radical (unpaired) electrons. The molecule has 0 amide bonds. The van der Waals surface area contributed by atoms with Gasteiger partial charge >= 0.3 is 6.18 Å². The van der Waals surface area contributed by atoms with Gasteiger partial charge in [-0.15, -0.1) is 0 Å². The summed E-state index contributed by atoms with van der Waals surface area (Å²) in [6.45, 7) is 4.40. The van der Waals surface area contributed by atoms with Gasteiger partial charge in [0.15, 0.2) is 0 Å². The zero-order chi connectivity index (χ0) is 15.5. The van der Waals surface area contributed by atoms with Crippen LogP contribution < -0.4 is 5.73 Å². The zero-order valence-electron chi connectivity index (χ0n) is 13.1. The molecule has 2 unspecified atom stereocenters. The molecule has 2 aliphatic rings. The summed E-state index contributed by atoms with van der Waals surface area (Å²) < 4.78 is 39.3. The van der Waals surface area contributed by atoms with Gasteiger partial charge in [0.1, 0.15) is 0 Å². The van der Waals surface area contributed by atoms with Crippen LogP contribution in [0, 0.1) is 11.8 Å². The minimum atomic E-state index is -4.07. The van der Waals surface area contributed by atoms with Crippen LogP contribution in [0.4, 0.5) is 13.2 Å². The molecule has 1 saturated carbocycles. The van der Waals surface area contributed by atoms with E-state index in [0.717, 1.165) is 38.3 Å². The van der Waals surface area contributed by atoms with Gasteiger partial charge in [-0.1, -0.05) is 26.2 Å². The zero-order valence-corrected chi connectivity index (χ0v) is 13.1. The summed E-state index contributed by atoms with van der Waals surface area (Å²) >= 11 is 0. The van der Waals surface area contributed by atoms with Gasteiger partial charge in [-0.05, 0) is 51.1 Å². The molecule has 0 aromatic heterocycles. The Balaban J connectivity index is 2.01. The highest BCUT2D eigenvalue weighted by molar-refractivity contribution is 4.99. The standard InChI is InChI=1S/C16H29F3N2/c1-2-4-13-6-9-21(10-7-13)15(12-20)8-3-5-14(11-15)16(17,18)19/h13-14H,2-12,20H2,1H3. The molecule has 2 rings (SSSR count). The summed E-state index contributed by atoms with van der Waals surface area (Å²) in [4.78, 5) is 2.29. The molecule has 1 saturated heterocycles. The number of halogens is 3. The topological polar surface area (TPSA) is 29.3 Å². The minimum absolute atomic E-state index is 0.200. The van der Waals surface area contributed by atoms with Crippen LogP contribution in [-0.4, -0.2) is 36.2 Å². The molecule has 0 spiro atoms. The Morgan fingerprint density at radius 3 is 2.38 bits per heavy atom. The minimum Gasteiger partial charge on any atom is -0.329 e. The van der Waals surface area contributed by atoms with Crippen molar-refractivity contribution in [2.24, 2.45) is 17.6 Å². The maximum Gasteiger partial charge on any atom is 0.391 e. The number of alkyl halides is 3. The van der Waals surface area contributed by atoms with Crippen LogP contribution in [0.1, 0.15) is 58.3 Å². The van der Waals surface area contributed by atoms with Crippen LogP contribution in [0.5, 0.6) is 0 Å². The molecule has 0 aromatic carbocycles. The lowest BCUT2D eigenvalue weighted by Gasteiger charge is -2.50. The molecule has 0 aromatic rings. The Hall–Kier alpha value is -0.290. The second kappa shape index (κ2) is 6.86. The second-order valence-electron chi connectivity index (χ2n) is 6.98. The van der Waals surface area contributed by atoms with Crippen molar-refractivity contribution in [3.63, 3.8) is 0 Å². The molecule has 2 N–H and O–H groups in total. The van der Waals surface area contributed by atoms with Gasteiger partial charge in [-0.3, -0.25) is 4.90 Å². The quantitative estimate of drug-likeness (QED) is 0.852. The van der Waals surface area contributed by atoms with Crippen LogP contribution in [0.3, 0.4) is 0 Å². The number of hydrogen-bond acceptors (Lipinski definition) is 2. The van der Waals surface area contributed by atoms with Crippen molar-refractivity contribution in [3.8, 4) is 0 Å². The number of hydrogen-bond donors (Lipinski definition) is 1. The van der Waals surface area contributed by atoms with E-state index in [2.05, 4.69) is 11.8 Å². The Bertz CT molecular complexity index is 324. The molecule has 21 heavy (non-hydrogen) atoms. The van der Waals surface area contributed by atoms with Crippen molar-refractivity contribution < 1.29 is 13.2 Å². The predicted molar refractivity (Wildman–Crippen MR) is 79.0 cm³/mol. The lowest BCUT2D eigenvalue weighted by molar-refractivity contribution is -0.194. The molecule has 1 aliphatic carbocycles. The van der Waals surface area contributed by atoms with E-state index in [4.69, 9.17) is 5.73 Å². The summed E-state index contributed by atoms with van der Waals surface area (Å²) in [5.41, 5.74) is 5.55. The molecular formula is C16H29F3N2. The average Bonchev–Trinajstić information content (AvgIpc) is 2.47. The van der Waals surface area contributed by atoms with Gasteiger partial charge in [-0.2, -0.15) is 13.2 Å². The molecule has 5 heteroatoms. The molecule has 1 heterocycles. The SMILES string of the molecule is CCCC1CCN(C2(CN)CCCC(C(F)(F)F)C2)CC1. The van der Waals surface area contributed by atoms with Crippen molar-refractivity contribution in [2.75, 3.05) is 19.6 Å². The Kier molecular flexibility index (Phi) is 5.58. The molecule has 1 aliphatic heterocycles.